The smallest absolute Gasteiger partial charge is 0.270 e. The fourth-order valence-corrected chi connectivity index (χ4v) is 3.76. The van der Waals surface area contributed by atoms with Crippen molar-refractivity contribution in [2.45, 2.75) is 13.8 Å². The Bertz CT molecular complexity index is 869. The monoisotopic (exact) mass is 353 g/mol. The molecule has 0 N–H and O–H groups in total. The van der Waals surface area contributed by atoms with E-state index in [1.807, 2.05) is 44.2 Å². The lowest BCUT2D eigenvalue weighted by molar-refractivity contribution is -0.113. The first-order valence-electron chi connectivity index (χ1n) is 7.40. The van der Waals surface area contributed by atoms with Crippen LogP contribution in [-0.4, -0.2) is 16.5 Å². The summed E-state index contributed by atoms with van der Waals surface area (Å²) in [5, 5.41) is 0. The molecule has 0 bridgehead atoms. The van der Waals surface area contributed by atoms with Crippen LogP contribution in [0.3, 0.4) is 0 Å². The van der Waals surface area contributed by atoms with Crippen molar-refractivity contribution in [2.24, 2.45) is 0 Å². The van der Waals surface area contributed by atoms with Crippen molar-refractivity contribution in [3.63, 3.8) is 0 Å². The largest absolute Gasteiger partial charge is 0.298 e. The Balaban J connectivity index is 1.95. The minimum atomic E-state index is -0.113. The molecule has 1 amide bonds. The zero-order chi connectivity index (χ0) is 17.3. The molecule has 1 heterocycles. The number of rotatable bonds is 3. The quantitative estimate of drug-likeness (QED) is 0.462. The maximum absolute atomic E-state index is 12.8. The number of nitrogens with zero attached hydrogens (tertiary/aromatic N) is 1. The molecule has 0 spiro atoms. The van der Waals surface area contributed by atoms with E-state index in [-0.39, 0.29) is 5.91 Å². The molecule has 1 aliphatic rings. The van der Waals surface area contributed by atoms with Crippen LogP contribution < -0.4 is 4.90 Å². The van der Waals surface area contributed by atoms with Crippen LogP contribution in [0.1, 0.15) is 27.0 Å². The first-order chi connectivity index (χ1) is 11.5. The van der Waals surface area contributed by atoms with E-state index in [4.69, 9.17) is 12.2 Å². The molecule has 2 aromatic carbocycles. The zero-order valence-corrected chi connectivity index (χ0v) is 14.9. The molecular weight excluding hydrogens is 338 g/mol. The van der Waals surface area contributed by atoms with Crippen LogP contribution in [0.25, 0.3) is 6.08 Å². The highest BCUT2D eigenvalue weighted by molar-refractivity contribution is 8.27. The van der Waals surface area contributed by atoms with Gasteiger partial charge in [0.15, 0.2) is 4.32 Å². The highest BCUT2D eigenvalue weighted by Crippen LogP contribution is 2.37. The second-order valence-electron chi connectivity index (χ2n) is 5.52. The van der Waals surface area contributed by atoms with Gasteiger partial charge in [0.1, 0.15) is 6.29 Å². The second kappa shape index (κ2) is 6.71. The average Bonchev–Trinajstić information content (AvgIpc) is 2.85. The zero-order valence-electron chi connectivity index (χ0n) is 13.3. The van der Waals surface area contributed by atoms with Gasteiger partial charge in [0, 0.05) is 5.56 Å². The van der Waals surface area contributed by atoms with Crippen molar-refractivity contribution >= 4 is 52.3 Å². The van der Waals surface area contributed by atoms with Gasteiger partial charge in [0.05, 0.1) is 10.6 Å². The number of aldehydes is 1. The van der Waals surface area contributed by atoms with Crippen LogP contribution in [0.2, 0.25) is 0 Å². The molecule has 1 saturated heterocycles. The van der Waals surface area contributed by atoms with Gasteiger partial charge in [-0.2, -0.15) is 0 Å². The van der Waals surface area contributed by atoms with Crippen LogP contribution in [0.15, 0.2) is 47.4 Å². The Morgan fingerprint density at radius 1 is 1.04 bits per heavy atom. The van der Waals surface area contributed by atoms with Crippen LogP contribution in [-0.2, 0) is 4.79 Å². The molecule has 1 aliphatic heterocycles. The molecule has 0 aliphatic carbocycles. The Morgan fingerprint density at radius 3 is 2.38 bits per heavy atom. The van der Waals surface area contributed by atoms with Gasteiger partial charge in [-0.1, -0.05) is 60.4 Å². The number of benzene rings is 2. The third-order valence-electron chi connectivity index (χ3n) is 3.98. The molecule has 120 valence electrons. The number of aryl methyl sites for hydroxylation is 1. The predicted molar refractivity (Wildman–Crippen MR) is 103 cm³/mol. The average molecular weight is 353 g/mol. The molecule has 5 heteroatoms. The number of carbonyl (C=O) groups excluding carboxylic acids is 2. The minimum Gasteiger partial charge on any atom is -0.298 e. The molecule has 24 heavy (non-hydrogen) atoms. The van der Waals surface area contributed by atoms with Crippen molar-refractivity contribution in [2.75, 3.05) is 4.90 Å². The maximum Gasteiger partial charge on any atom is 0.270 e. The van der Waals surface area contributed by atoms with E-state index in [1.165, 1.54) is 11.8 Å². The molecule has 0 unspecified atom stereocenters. The van der Waals surface area contributed by atoms with Gasteiger partial charge in [-0.05, 0) is 42.7 Å². The van der Waals surface area contributed by atoms with E-state index in [9.17, 15) is 9.59 Å². The fourth-order valence-electron chi connectivity index (χ4n) is 2.48. The maximum atomic E-state index is 12.8. The van der Waals surface area contributed by atoms with Crippen molar-refractivity contribution in [3.8, 4) is 0 Å². The predicted octanol–water partition coefficient (Wildman–Crippen LogP) is 4.52. The normalized spacial score (nSPS) is 16.1. The summed E-state index contributed by atoms with van der Waals surface area (Å²) in [5.74, 6) is -0.113. The van der Waals surface area contributed by atoms with E-state index in [0.29, 0.717) is 14.8 Å². The van der Waals surface area contributed by atoms with Crippen LogP contribution in [0.5, 0.6) is 0 Å². The van der Waals surface area contributed by atoms with Crippen LogP contribution in [0.4, 0.5) is 5.69 Å². The van der Waals surface area contributed by atoms with Gasteiger partial charge in [-0.25, -0.2) is 0 Å². The Kier molecular flexibility index (Phi) is 4.64. The van der Waals surface area contributed by atoms with E-state index >= 15 is 0 Å². The van der Waals surface area contributed by atoms with Gasteiger partial charge in [0.25, 0.3) is 5.91 Å². The minimum absolute atomic E-state index is 0.113. The second-order valence-corrected chi connectivity index (χ2v) is 7.20. The number of thioether (sulfide) groups is 1. The number of hydrogen-bond donors (Lipinski definition) is 0. The molecule has 3 rings (SSSR count). The highest BCUT2D eigenvalue weighted by Gasteiger charge is 2.34. The van der Waals surface area contributed by atoms with Gasteiger partial charge < -0.3 is 0 Å². The van der Waals surface area contributed by atoms with Gasteiger partial charge in [-0.3, -0.25) is 14.5 Å². The highest BCUT2D eigenvalue weighted by atomic mass is 32.2. The third-order valence-corrected chi connectivity index (χ3v) is 5.28. The van der Waals surface area contributed by atoms with E-state index in [1.54, 1.807) is 23.1 Å². The summed E-state index contributed by atoms with van der Waals surface area (Å²) in [5.41, 5.74) is 4.47. The Hall–Kier alpha value is -2.24. The third kappa shape index (κ3) is 3.05. The molecule has 0 aromatic heterocycles. The van der Waals surface area contributed by atoms with Gasteiger partial charge in [-0.15, -0.1) is 0 Å². The molecule has 1 fully saturated rings. The molecule has 0 saturated carbocycles. The number of thiocarbonyl (C=S) groups is 1. The lowest BCUT2D eigenvalue weighted by Crippen LogP contribution is -2.28. The van der Waals surface area contributed by atoms with E-state index < -0.39 is 0 Å². The van der Waals surface area contributed by atoms with Crippen molar-refractivity contribution in [1.29, 1.82) is 0 Å². The topological polar surface area (TPSA) is 37.4 Å². The summed E-state index contributed by atoms with van der Waals surface area (Å²) in [6.07, 6.45) is 2.60. The summed E-state index contributed by atoms with van der Waals surface area (Å²) in [6, 6.07) is 12.9. The fraction of sp³-hybridized carbons (Fsp3) is 0.105. The number of hydrogen-bond acceptors (Lipinski definition) is 4. The molecule has 0 radical (unpaired) electrons. The number of anilines is 1. The lowest BCUT2D eigenvalue weighted by atomic mass is 10.1. The Morgan fingerprint density at radius 2 is 1.71 bits per heavy atom. The SMILES string of the molecule is Cc1cccc(N2C(=O)C(=Cc3ccc(C=O)cc3)SC2=S)c1C. The lowest BCUT2D eigenvalue weighted by Gasteiger charge is -2.18. The van der Waals surface area contributed by atoms with Crippen LogP contribution >= 0.6 is 24.0 Å². The summed E-state index contributed by atoms with van der Waals surface area (Å²) in [6.45, 7) is 4.01. The van der Waals surface area contributed by atoms with Crippen molar-refractivity contribution in [3.05, 3.63) is 69.6 Å². The van der Waals surface area contributed by atoms with Crippen LogP contribution in [0, 0.1) is 13.8 Å². The first-order valence-corrected chi connectivity index (χ1v) is 8.63. The van der Waals surface area contributed by atoms with E-state index in [2.05, 4.69) is 0 Å². The summed E-state index contributed by atoms with van der Waals surface area (Å²) in [4.78, 5) is 25.7. The standard InChI is InChI=1S/C19H15NO2S2/c1-12-4-3-5-16(13(12)2)20-18(22)17(24-19(20)23)10-14-6-8-15(11-21)9-7-14/h3-11H,1-2H3. The summed E-state index contributed by atoms with van der Waals surface area (Å²) < 4.78 is 0.532. The van der Waals surface area contributed by atoms with Gasteiger partial charge in [0.2, 0.25) is 0 Å². The number of amides is 1. The van der Waals surface area contributed by atoms with Crippen molar-refractivity contribution < 1.29 is 9.59 Å². The van der Waals surface area contributed by atoms with Crippen molar-refractivity contribution in [1.82, 2.24) is 0 Å². The molecule has 0 atom stereocenters. The molecule has 2 aromatic rings. The first kappa shape index (κ1) is 16.6. The van der Waals surface area contributed by atoms with E-state index in [0.717, 1.165) is 28.7 Å². The van der Waals surface area contributed by atoms with Gasteiger partial charge >= 0.3 is 0 Å². The molecule has 3 nitrogen and oxygen atoms in total. The number of carbonyl (C=O) groups is 2. The summed E-state index contributed by atoms with van der Waals surface area (Å²) >= 11 is 6.71. The Labute approximate surface area is 150 Å². The molecular formula is C19H15NO2S2. The summed E-state index contributed by atoms with van der Waals surface area (Å²) in [7, 11) is 0.